The van der Waals surface area contributed by atoms with E-state index < -0.39 is 0 Å². The van der Waals surface area contributed by atoms with Crippen LogP contribution in [0.1, 0.15) is 39.5 Å². The molecule has 2 aliphatic heterocycles. The van der Waals surface area contributed by atoms with Gasteiger partial charge in [-0.3, -0.25) is 4.90 Å². The minimum atomic E-state index is 0.0161. The van der Waals surface area contributed by atoms with E-state index in [2.05, 4.69) is 30.5 Å². The molecule has 4 heteroatoms. The van der Waals surface area contributed by atoms with Crippen LogP contribution in [-0.2, 0) is 4.74 Å². The molecule has 18 heavy (non-hydrogen) atoms. The van der Waals surface area contributed by atoms with Gasteiger partial charge in [0.2, 0.25) is 0 Å². The lowest BCUT2D eigenvalue weighted by molar-refractivity contribution is -0.0820. The van der Waals surface area contributed by atoms with E-state index in [1.54, 1.807) is 0 Å². The first-order chi connectivity index (χ1) is 8.56. The van der Waals surface area contributed by atoms with Gasteiger partial charge in [0, 0.05) is 31.0 Å². The number of likely N-dealkylation sites (tertiary alicyclic amines) is 1. The Kier molecular flexibility index (Phi) is 4.63. The van der Waals surface area contributed by atoms with E-state index in [9.17, 15) is 0 Å². The molecule has 0 aromatic rings. The molecule has 2 aliphatic rings. The van der Waals surface area contributed by atoms with Crippen molar-refractivity contribution in [3.63, 3.8) is 0 Å². The molecule has 0 saturated carbocycles. The third kappa shape index (κ3) is 2.58. The quantitative estimate of drug-likeness (QED) is 0.854. The maximum Gasteiger partial charge on any atom is 0.0777 e. The second-order valence-corrected chi connectivity index (χ2v) is 7.55. The van der Waals surface area contributed by atoms with Gasteiger partial charge in [-0.1, -0.05) is 6.92 Å². The topological polar surface area (TPSA) is 38.5 Å². The van der Waals surface area contributed by atoms with Crippen molar-refractivity contribution in [3.8, 4) is 0 Å². The number of ether oxygens (including phenoxy) is 1. The number of nitrogens with two attached hydrogens (primary N) is 1. The summed E-state index contributed by atoms with van der Waals surface area (Å²) in [5.74, 6) is 1.29. The smallest absolute Gasteiger partial charge is 0.0777 e. The van der Waals surface area contributed by atoms with Gasteiger partial charge in [-0.2, -0.15) is 11.8 Å². The van der Waals surface area contributed by atoms with E-state index in [4.69, 9.17) is 10.5 Å². The molecule has 0 spiro atoms. The Bertz CT molecular complexity index is 289. The average molecular weight is 272 g/mol. The summed E-state index contributed by atoms with van der Waals surface area (Å²) in [5.41, 5.74) is 6.41. The van der Waals surface area contributed by atoms with Crippen LogP contribution >= 0.6 is 11.8 Å². The third-order valence-corrected chi connectivity index (χ3v) is 6.48. The fraction of sp³-hybridized carbons (Fsp3) is 1.00. The van der Waals surface area contributed by atoms with Crippen LogP contribution in [0.5, 0.6) is 0 Å². The van der Waals surface area contributed by atoms with Crippen LogP contribution in [0.3, 0.4) is 0 Å². The largest absolute Gasteiger partial charge is 0.377 e. The Labute approximate surface area is 116 Å². The summed E-state index contributed by atoms with van der Waals surface area (Å²) in [7, 11) is 1.84. The van der Waals surface area contributed by atoms with Gasteiger partial charge < -0.3 is 10.5 Å². The molecule has 2 N–H and O–H groups in total. The number of thioether (sulfide) groups is 1. The molecule has 0 radical (unpaired) electrons. The number of nitrogens with zero attached hydrogens (tertiary/aromatic N) is 1. The number of piperidine rings is 1. The average Bonchev–Trinajstić information content (AvgIpc) is 2.40. The van der Waals surface area contributed by atoms with E-state index in [1.165, 1.54) is 38.0 Å². The highest BCUT2D eigenvalue weighted by Gasteiger charge is 2.46. The summed E-state index contributed by atoms with van der Waals surface area (Å²) in [6.07, 6.45) is 4.94. The van der Waals surface area contributed by atoms with E-state index in [1.807, 2.05) is 7.11 Å². The van der Waals surface area contributed by atoms with Crippen molar-refractivity contribution in [1.82, 2.24) is 4.90 Å². The molecule has 0 amide bonds. The van der Waals surface area contributed by atoms with Crippen molar-refractivity contribution >= 4 is 11.8 Å². The van der Waals surface area contributed by atoms with Crippen molar-refractivity contribution in [2.45, 2.75) is 55.9 Å². The Balaban J connectivity index is 2.16. The van der Waals surface area contributed by atoms with Crippen LogP contribution in [0.2, 0.25) is 0 Å². The van der Waals surface area contributed by atoms with Gasteiger partial charge in [0.1, 0.15) is 0 Å². The predicted octanol–water partition coefficient (Wildman–Crippen LogP) is 2.10. The highest BCUT2D eigenvalue weighted by atomic mass is 32.2. The second-order valence-electron chi connectivity index (χ2n) is 6.10. The lowest BCUT2D eigenvalue weighted by atomic mass is 9.83. The number of hydrogen-bond acceptors (Lipinski definition) is 4. The zero-order valence-electron chi connectivity index (χ0n) is 12.1. The van der Waals surface area contributed by atoms with Gasteiger partial charge in [-0.15, -0.1) is 0 Å². The monoisotopic (exact) mass is 272 g/mol. The van der Waals surface area contributed by atoms with Gasteiger partial charge >= 0.3 is 0 Å². The van der Waals surface area contributed by atoms with Crippen molar-refractivity contribution in [2.75, 3.05) is 32.5 Å². The molecule has 0 aromatic carbocycles. The first-order valence-corrected chi connectivity index (χ1v) is 8.23. The summed E-state index contributed by atoms with van der Waals surface area (Å²) in [6, 6.07) is 0. The molecular formula is C14H28N2OS. The van der Waals surface area contributed by atoms with E-state index in [0.717, 1.165) is 13.1 Å². The predicted molar refractivity (Wildman–Crippen MR) is 79.2 cm³/mol. The van der Waals surface area contributed by atoms with E-state index in [-0.39, 0.29) is 11.1 Å². The lowest BCUT2D eigenvalue weighted by Crippen LogP contribution is -2.65. The summed E-state index contributed by atoms with van der Waals surface area (Å²) >= 11 is 2.09. The minimum absolute atomic E-state index is 0.0161. The van der Waals surface area contributed by atoms with Gasteiger partial charge in [-0.25, -0.2) is 0 Å². The van der Waals surface area contributed by atoms with Gasteiger partial charge in [0.05, 0.1) is 5.60 Å². The zero-order valence-corrected chi connectivity index (χ0v) is 12.9. The maximum absolute atomic E-state index is 6.19. The zero-order chi connectivity index (χ0) is 13.2. The molecule has 2 rings (SSSR count). The Morgan fingerprint density at radius 2 is 2.17 bits per heavy atom. The number of methoxy groups -OCH3 is 1. The summed E-state index contributed by atoms with van der Waals surface area (Å²) in [5, 5.41) is 0.635. The first kappa shape index (κ1) is 14.6. The molecule has 3 nitrogen and oxygen atoms in total. The highest BCUT2D eigenvalue weighted by Crippen LogP contribution is 2.40. The van der Waals surface area contributed by atoms with Crippen LogP contribution in [-0.4, -0.2) is 53.8 Å². The highest BCUT2D eigenvalue weighted by molar-refractivity contribution is 8.00. The minimum Gasteiger partial charge on any atom is -0.377 e. The molecule has 2 heterocycles. The van der Waals surface area contributed by atoms with Crippen LogP contribution in [0, 0.1) is 0 Å². The van der Waals surface area contributed by atoms with Crippen molar-refractivity contribution in [2.24, 2.45) is 5.73 Å². The Morgan fingerprint density at radius 3 is 2.78 bits per heavy atom. The maximum atomic E-state index is 6.19. The Morgan fingerprint density at radius 1 is 1.39 bits per heavy atom. The van der Waals surface area contributed by atoms with Crippen LogP contribution < -0.4 is 5.73 Å². The molecule has 106 valence electrons. The second kappa shape index (κ2) is 5.70. The summed E-state index contributed by atoms with van der Waals surface area (Å²) in [6.45, 7) is 7.59. The number of rotatable bonds is 3. The molecule has 3 unspecified atom stereocenters. The first-order valence-electron chi connectivity index (χ1n) is 7.18. The van der Waals surface area contributed by atoms with Crippen molar-refractivity contribution in [3.05, 3.63) is 0 Å². The van der Waals surface area contributed by atoms with Gasteiger partial charge in [-0.05, 0) is 44.9 Å². The fourth-order valence-corrected chi connectivity index (χ4v) is 4.90. The third-order valence-electron chi connectivity index (χ3n) is 5.01. The normalized spacial score (nSPS) is 43.0. The molecule has 2 saturated heterocycles. The summed E-state index contributed by atoms with van der Waals surface area (Å²) in [4.78, 5) is 2.64. The van der Waals surface area contributed by atoms with Crippen LogP contribution in [0.15, 0.2) is 0 Å². The number of hydrogen-bond donors (Lipinski definition) is 1. The van der Waals surface area contributed by atoms with Crippen molar-refractivity contribution in [1.29, 1.82) is 0 Å². The molecular weight excluding hydrogens is 244 g/mol. The van der Waals surface area contributed by atoms with Crippen LogP contribution in [0.25, 0.3) is 0 Å². The Hall–Kier alpha value is 0.230. The molecule has 2 fully saturated rings. The molecule has 0 bridgehead atoms. The van der Waals surface area contributed by atoms with Crippen molar-refractivity contribution < 1.29 is 4.74 Å². The van der Waals surface area contributed by atoms with Gasteiger partial charge in [0.15, 0.2) is 0 Å². The molecule has 3 atom stereocenters. The van der Waals surface area contributed by atoms with Gasteiger partial charge in [0.25, 0.3) is 0 Å². The lowest BCUT2D eigenvalue weighted by Gasteiger charge is -2.54. The van der Waals surface area contributed by atoms with E-state index in [0.29, 0.717) is 5.25 Å². The SMILES string of the molecule is COC1(C)CCCN(C2(CN)CCCSC2C)C1. The molecule has 0 aromatic heterocycles. The molecule has 0 aliphatic carbocycles. The summed E-state index contributed by atoms with van der Waals surface area (Å²) < 4.78 is 5.74. The standard InChI is InChI=1S/C14H28N2OS/c1-12-14(10-15,7-5-9-18-12)16-8-4-6-13(2,11-16)17-3/h12H,4-11,15H2,1-3H3. The van der Waals surface area contributed by atoms with E-state index >= 15 is 0 Å². The fourth-order valence-electron chi connectivity index (χ4n) is 3.56. The van der Waals surface area contributed by atoms with Crippen LogP contribution in [0.4, 0.5) is 0 Å².